The number of amides is 2. The van der Waals surface area contributed by atoms with Crippen molar-refractivity contribution in [2.24, 2.45) is 11.3 Å². The summed E-state index contributed by atoms with van der Waals surface area (Å²) in [7, 11) is 0. The molecule has 1 aliphatic heterocycles. The predicted octanol–water partition coefficient (Wildman–Crippen LogP) is 3.95. The molecule has 0 aliphatic carbocycles. The molecular weight excluding hydrogens is 410 g/mol. The maximum Gasteiger partial charge on any atom is 0.231 e. The Morgan fingerprint density at radius 2 is 2.13 bits per heavy atom. The summed E-state index contributed by atoms with van der Waals surface area (Å²) in [6.07, 6.45) is 3.83. The van der Waals surface area contributed by atoms with Crippen molar-refractivity contribution in [3.63, 3.8) is 0 Å². The molecule has 7 nitrogen and oxygen atoms in total. The third kappa shape index (κ3) is 5.12. The van der Waals surface area contributed by atoms with Gasteiger partial charge in [-0.25, -0.2) is 0 Å². The molecule has 1 fully saturated rings. The Kier molecular flexibility index (Phi) is 5.83. The molecule has 3 aromatic rings. The van der Waals surface area contributed by atoms with E-state index in [1.165, 1.54) is 27.8 Å². The molecule has 2 amide bonds. The van der Waals surface area contributed by atoms with E-state index in [2.05, 4.69) is 66.4 Å². The summed E-state index contributed by atoms with van der Waals surface area (Å²) >= 11 is 1.40. The minimum absolute atomic E-state index is 0.0295. The van der Waals surface area contributed by atoms with Gasteiger partial charge in [0, 0.05) is 43.0 Å². The Hall–Kier alpha value is -2.74. The van der Waals surface area contributed by atoms with Gasteiger partial charge < -0.3 is 15.2 Å². The topological polar surface area (TPSA) is 91.0 Å². The highest BCUT2D eigenvalue weighted by atomic mass is 32.1. The first-order chi connectivity index (χ1) is 14.7. The Morgan fingerprint density at radius 3 is 2.90 bits per heavy atom. The Balaban J connectivity index is 1.33. The molecule has 31 heavy (non-hydrogen) atoms. The van der Waals surface area contributed by atoms with E-state index in [9.17, 15) is 9.59 Å². The number of carbonyl (C=O) groups excluding carboxylic acids is 2. The second kappa shape index (κ2) is 8.42. The van der Waals surface area contributed by atoms with Crippen LogP contribution in [-0.4, -0.2) is 45.0 Å². The Bertz CT molecular complexity index is 1110. The first-order valence-corrected chi connectivity index (χ1v) is 11.5. The van der Waals surface area contributed by atoms with Crippen molar-refractivity contribution >= 4 is 39.2 Å². The molecule has 4 rings (SSSR count). The van der Waals surface area contributed by atoms with Gasteiger partial charge in [-0.05, 0) is 36.5 Å². The van der Waals surface area contributed by atoms with Crippen molar-refractivity contribution < 1.29 is 9.59 Å². The molecule has 1 aromatic carbocycles. The normalized spacial score (nSPS) is 17.0. The fraction of sp³-hybridized carbons (Fsp3) is 0.478. The van der Waals surface area contributed by atoms with Crippen LogP contribution in [0.1, 0.15) is 43.3 Å². The number of carbonyl (C=O) groups is 2. The molecule has 3 heterocycles. The lowest BCUT2D eigenvalue weighted by atomic mass is 9.93. The van der Waals surface area contributed by atoms with Crippen LogP contribution in [0.3, 0.4) is 0 Å². The van der Waals surface area contributed by atoms with Crippen LogP contribution in [-0.2, 0) is 22.4 Å². The highest BCUT2D eigenvalue weighted by Crippen LogP contribution is 2.27. The minimum atomic E-state index is -0.354. The maximum absolute atomic E-state index is 12.7. The van der Waals surface area contributed by atoms with Crippen molar-refractivity contribution in [2.75, 3.05) is 18.4 Å². The van der Waals surface area contributed by atoms with Crippen LogP contribution >= 0.6 is 11.3 Å². The fourth-order valence-electron chi connectivity index (χ4n) is 3.96. The van der Waals surface area contributed by atoms with Crippen LogP contribution in [0.15, 0.2) is 24.4 Å². The van der Waals surface area contributed by atoms with Crippen LogP contribution < -0.4 is 5.32 Å². The van der Waals surface area contributed by atoms with Gasteiger partial charge in [0.05, 0.1) is 5.92 Å². The van der Waals surface area contributed by atoms with Crippen LogP contribution in [0, 0.1) is 18.3 Å². The molecule has 0 spiro atoms. The van der Waals surface area contributed by atoms with Gasteiger partial charge in [-0.2, -0.15) is 0 Å². The Morgan fingerprint density at radius 1 is 1.32 bits per heavy atom. The van der Waals surface area contributed by atoms with Crippen LogP contribution in [0.2, 0.25) is 0 Å². The number of hydrogen-bond donors (Lipinski definition) is 2. The van der Waals surface area contributed by atoms with E-state index in [4.69, 9.17) is 0 Å². The summed E-state index contributed by atoms with van der Waals surface area (Å²) < 4.78 is 0. The summed E-state index contributed by atoms with van der Waals surface area (Å²) in [5, 5.41) is 13.7. The number of anilines is 1. The number of aromatic nitrogens is 3. The zero-order chi connectivity index (χ0) is 22.2. The number of aromatic amines is 1. The van der Waals surface area contributed by atoms with E-state index >= 15 is 0 Å². The zero-order valence-electron chi connectivity index (χ0n) is 18.5. The number of aryl methyl sites for hydroxylation is 1. The maximum atomic E-state index is 12.7. The third-order valence-electron chi connectivity index (χ3n) is 5.54. The number of rotatable bonds is 6. The molecule has 2 N–H and O–H groups in total. The van der Waals surface area contributed by atoms with Crippen molar-refractivity contribution in [1.82, 2.24) is 20.1 Å². The number of H-pyrrole nitrogens is 1. The molecule has 0 saturated carbocycles. The molecule has 0 radical (unpaired) electrons. The van der Waals surface area contributed by atoms with Crippen molar-refractivity contribution in [3.05, 3.63) is 40.5 Å². The summed E-state index contributed by atoms with van der Waals surface area (Å²) in [5.41, 5.74) is 3.63. The van der Waals surface area contributed by atoms with E-state index in [0.29, 0.717) is 18.2 Å². The average Bonchev–Trinajstić information content (AvgIpc) is 3.38. The van der Waals surface area contributed by atoms with E-state index in [1.54, 1.807) is 4.90 Å². The first kappa shape index (κ1) is 21.5. The summed E-state index contributed by atoms with van der Waals surface area (Å²) in [4.78, 5) is 30.3. The second-order valence-electron chi connectivity index (χ2n) is 9.58. The SMILES string of the molecule is Cc1ccc2[nH]cc(CCN3C[C@@H](C(=O)Nc4nnc(CC(C)(C)C)s4)CC3=O)c2c1. The number of likely N-dealkylation sites (tertiary alicyclic amines) is 1. The lowest BCUT2D eigenvalue weighted by Crippen LogP contribution is -2.30. The molecule has 8 heteroatoms. The Labute approximate surface area is 186 Å². The van der Waals surface area contributed by atoms with Gasteiger partial charge >= 0.3 is 0 Å². The predicted molar refractivity (Wildman–Crippen MR) is 123 cm³/mol. The highest BCUT2D eigenvalue weighted by molar-refractivity contribution is 7.15. The van der Waals surface area contributed by atoms with E-state index < -0.39 is 0 Å². The molecule has 1 saturated heterocycles. The number of hydrogen-bond acceptors (Lipinski definition) is 5. The zero-order valence-corrected chi connectivity index (χ0v) is 19.3. The largest absolute Gasteiger partial charge is 0.361 e. The third-order valence-corrected chi connectivity index (χ3v) is 6.38. The van der Waals surface area contributed by atoms with Gasteiger partial charge in [-0.3, -0.25) is 9.59 Å². The van der Waals surface area contributed by atoms with Crippen LogP contribution in [0.4, 0.5) is 5.13 Å². The van der Waals surface area contributed by atoms with Crippen molar-refractivity contribution in [3.8, 4) is 0 Å². The van der Waals surface area contributed by atoms with Gasteiger partial charge in [0.15, 0.2) is 0 Å². The van der Waals surface area contributed by atoms with Crippen LogP contribution in [0.5, 0.6) is 0 Å². The molecule has 0 bridgehead atoms. The number of benzene rings is 1. The van der Waals surface area contributed by atoms with Crippen LogP contribution in [0.25, 0.3) is 10.9 Å². The molecular formula is C23H29N5O2S. The molecule has 0 unspecified atom stereocenters. The monoisotopic (exact) mass is 439 g/mol. The first-order valence-electron chi connectivity index (χ1n) is 10.7. The fourth-order valence-corrected chi connectivity index (χ4v) is 5.00. The summed E-state index contributed by atoms with van der Waals surface area (Å²) in [6.45, 7) is 9.56. The van der Waals surface area contributed by atoms with Gasteiger partial charge in [-0.1, -0.05) is 43.7 Å². The van der Waals surface area contributed by atoms with Gasteiger partial charge in [-0.15, -0.1) is 10.2 Å². The highest BCUT2D eigenvalue weighted by Gasteiger charge is 2.34. The van der Waals surface area contributed by atoms with E-state index in [0.717, 1.165) is 23.4 Å². The summed E-state index contributed by atoms with van der Waals surface area (Å²) in [6, 6.07) is 6.33. The standard InChI is InChI=1S/C23H29N5O2S/c1-14-5-6-18-17(9-14)15(12-24-18)7-8-28-13-16(10-20(28)29)21(30)25-22-27-26-19(31-22)11-23(2,3)4/h5-6,9,12,16,24H,7-8,10-11,13H2,1-4H3,(H,25,27,30)/t16-/m0/s1. The number of nitrogens with one attached hydrogen (secondary N) is 2. The minimum Gasteiger partial charge on any atom is -0.361 e. The van der Waals surface area contributed by atoms with Crippen molar-refractivity contribution in [2.45, 2.75) is 47.0 Å². The molecule has 2 aromatic heterocycles. The second-order valence-corrected chi connectivity index (χ2v) is 10.6. The van der Waals surface area contributed by atoms with E-state index in [-0.39, 0.29) is 29.6 Å². The molecule has 164 valence electrons. The lowest BCUT2D eigenvalue weighted by Gasteiger charge is -2.16. The number of fused-ring (bicyclic) bond motifs is 1. The van der Waals surface area contributed by atoms with Gasteiger partial charge in [0.1, 0.15) is 5.01 Å². The molecule has 1 atom stereocenters. The quantitative estimate of drug-likeness (QED) is 0.608. The number of nitrogens with zero attached hydrogens (tertiary/aromatic N) is 3. The molecule has 1 aliphatic rings. The lowest BCUT2D eigenvalue weighted by molar-refractivity contribution is -0.128. The summed E-state index contributed by atoms with van der Waals surface area (Å²) in [5.74, 6) is -0.480. The average molecular weight is 440 g/mol. The van der Waals surface area contributed by atoms with E-state index in [1.807, 2.05) is 6.20 Å². The van der Waals surface area contributed by atoms with Gasteiger partial charge in [0.25, 0.3) is 0 Å². The smallest absolute Gasteiger partial charge is 0.231 e. The van der Waals surface area contributed by atoms with Gasteiger partial charge in [0.2, 0.25) is 16.9 Å². The van der Waals surface area contributed by atoms with Crippen molar-refractivity contribution in [1.29, 1.82) is 0 Å².